The van der Waals surface area contributed by atoms with Gasteiger partial charge in [-0.15, -0.1) is 18.3 Å². The first-order valence-electron chi connectivity index (χ1n) is 12.3. The number of unbranched alkanes of at least 4 members (excludes halogenated alkanes) is 1. The van der Waals surface area contributed by atoms with Gasteiger partial charge in [-0.05, 0) is 44.2 Å². The Labute approximate surface area is 215 Å². The number of esters is 1. The molecule has 0 aliphatic carbocycles. The van der Waals surface area contributed by atoms with Crippen LogP contribution in [0.5, 0.6) is 0 Å². The molecular weight excluding hydrogens is 488 g/mol. The summed E-state index contributed by atoms with van der Waals surface area (Å²) in [5.41, 5.74) is 0.564. The highest BCUT2D eigenvalue weighted by Gasteiger charge is 2.76. The lowest BCUT2D eigenvalue weighted by Gasteiger charge is -2.40. The highest BCUT2D eigenvalue weighted by Crippen LogP contribution is 2.68. The van der Waals surface area contributed by atoms with Crippen molar-refractivity contribution in [1.82, 2.24) is 4.90 Å². The van der Waals surface area contributed by atoms with E-state index in [0.717, 1.165) is 6.42 Å². The highest BCUT2D eigenvalue weighted by molar-refractivity contribution is 8.02. The van der Waals surface area contributed by atoms with Gasteiger partial charge in [0, 0.05) is 24.9 Å². The minimum absolute atomic E-state index is 0.0100. The lowest BCUT2D eigenvalue weighted by atomic mass is 9.66. The van der Waals surface area contributed by atoms with Gasteiger partial charge in [0.2, 0.25) is 5.91 Å². The van der Waals surface area contributed by atoms with E-state index in [4.69, 9.17) is 16.3 Å². The van der Waals surface area contributed by atoms with E-state index in [1.54, 1.807) is 52.8 Å². The lowest BCUT2D eigenvalue weighted by Crippen LogP contribution is -2.57. The summed E-state index contributed by atoms with van der Waals surface area (Å²) in [6.07, 6.45) is 3.48. The van der Waals surface area contributed by atoms with Gasteiger partial charge in [0.05, 0.1) is 33.9 Å². The van der Waals surface area contributed by atoms with Crippen LogP contribution in [0.1, 0.15) is 33.1 Å². The number of halogens is 1. The maximum absolute atomic E-state index is 14.4. The van der Waals surface area contributed by atoms with E-state index < -0.39 is 22.6 Å². The van der Waals surface area contributed by atoms with E-state index in [2.05, 4.69) is 13.5 Å². The number of benzene rings is 1. The van der Waals surface area contributed by atoms with Gasteiger partial charge >= 0.3 is 5.97 Å². The zero-order chi connectivity index (χ0) is 25.3. The van der Waals surface area contributed by atoms with E-state index in [1.165, 1.54) is 0 Å². The number of aliphatic hydroxyl groups is 1. The maximum atomic E-state index is 14.4. The van der Waals surface area contributed by atoms with Gasteiger partial charge in [0.1, 0.15) is 6.04 Å². The first-order chi connectivity index (χ1) is 16.8. The second-order valence-corrected chi connectivity index (χ2v) is 11.4. The number of hydrogen-bond acceptors (Lipinski definition) is 6. The third-order valence-corrected chi connectivity index (χ3v) is 9.96. The van der Waals surface area contributed by atoms with E-state index >= 15 is 0 Å². The van der Waals surface area contributed by atoms with Crippen LogP contribution in [-0.4, -0.2) is 70.1 Å². The molecule has 1 spiro atoms. The number of anilines is 1. The van der Waals surface area contributed by atoms with Crippen molar-refractivity contribution in [2.45, 2.75) is 49.1 Å². The molecule has 9 heteroatoms. The quantitative estimate of drug-likeness (QED) is 0.288. The average Bonchev–Trinajstić information content (AvgIpc) is 3.42. The van der Waals surface area contributed by atoms with Crippen LogP contribution in [0.15, 0.2) is 36.9 Å². The van der Waals surface area contributed by atoms with Crippen LogP contribution in [0.2, 0.25) is 5.02 Å². The Balaban J connectivity index is 1.80. The molecule has 2 amide bonds. The monoisotopic (exact) mass is 520 g/mol. The number of ether oxygens (including phenoxy) is 1. The molecular formula is C26H33ClN2O5S. The molecule has 3 unspecified atom stereocenters. The molecule has 3 aliphatic rings. The van der Waals surface area contributed by atoms with Crippen molar-refractivity contribution in [3.05, 3.63) is 41.9 Å². The SMILES string of the molecule is C=CCN(C(=O)C1N(CCCCO)C(=O)[C@@H]2[C@@H](C(=O)OCC)[C@H]3CC(C)C12S3)c1ccccc1Cl. The topological polar surface area (TPSA) is 87.2 Å². The van der Waals surface area contributed by atoms with Gasteiger partial charge in [-0.25, -0.2) is 0 Å². The summed E-state index contributed by atoms with van der Waals surface area (Å²) >= 11 is 8.11. The van der Waals surface area contributed by atoms with Crippen molar-refractivity contribution >= 4 is 46.8 Å². The number of amides is 2. The van der Waals surface area contributed by atoms with Crippen LogP contribution in [0, 0.1) is 17.8 Å². The van der Waals surface area contributed by atoms with Crippen molar-refractivity contribution in [3.8, 4) is 0 Å². The van der Waals surface area contributed by atoms with Gasteiger partial charge < -0.3 is 19.6 Å². The number of nitrogens with zero attached hydrogens (tertiary/aromatic N) is 2. The van der Waals surface area contributed by atoms with Gasteiger partial charge in [-0.1, -0.05) is 36.7 Å². The van der Waals surface area contributed by atoms with Crippen LogP contribution in [0.3, 0.4) is 0 Å². The molecule has 2 bridgehead atoms. The molecule has 3 fully saturated rings. The summed E-state index contributed by atoms with van der Waals surface area (Å²) < 4.78 is 4.66. The average molecular weight is 521 g/mol. The third kappa shape index (κ3) is 4.17. The zero-order valence-corrected chi connectivity index (χ0v) is 21.8. The van der Waals surface area contributed by atoms with Crippen LogP contribution < -0.4 is 4.90 Å². The lowest BCUT2D eigenvalue weighted by molar-refractivity contribution is -0.154. The fourth-order valence-electron chi connectivity index (χ4n) is 6.19. The maximum Gasteiger partial charge on any atom is 0.310 e. The van der Waals surface area contributed by atoms with Gasteiger partial charge in [0.25, 0.3) is 5.91 Å². The molecule has 0 saturated carbocycles. The first-order valence-corrected chi connectivity index (χ1v) is 13.5. The minimum Gasteiger partial charge on any atom is -0.466 e. The number of fused-ring (bicyclic) bond motifs is 1. The number of hydrogen-bond donors (Lipinski definition) is 1. The number of aliphatic hydroxyl groups excluding tert-OH is 1. The van der Waals surface area contributed by atoms with E-state index in [0.29, 0.717) is 30.1 Å². The summed E-state index contributed by atoms with van der Waals surface area (Å²) in [6, 6.07) is 6.39. The molecule has 3 aliphatic heterocycles. The molecule has 6 atom stereocenters. The molecule has 4 rings (SSSR count). The Morgan fingerprint density at radius 2 is 2.11 bits per heavy atom. The summed E-state index contributed by atoms with van der Waals surface area (Å²) in [4.78, 5) is 44.6. The molecule has 0 radical (unpaired) electrons. The van der Waals surface area contributed by atoms with Gasteiger partial charge in [-0.2, -0.15) is 0 Å². The summed E-state index contributed by atoms with van der Waals surface area (Å²) in [6.45, 7) is 8.51. The predicted octanol–water partition coefficient (Wildman–Crippen LogP) is 3.53. The van der Waals surface area contributed by atoms with Crippen molar-refractivity contribution in [1.29, 1.82) is 0 Å². The summed E-state index contributed by atoms with van der Waals surface area (Å²) in [7, 11) is 0. The van der Waals surface area contributed by atoms with Crippen LogP contribution in [0.25, 0.3) is 0 Å². The number of rotatable bonds is 10. The van der Waals surface area contributed by atoms with Crippen molar-refractivity contribution < 1.29 is 24.2 Å². The normalized spacial score (nSPS) is 30.9. The number of para-hydroxylation sites is 1. The first kappa shape index (κ1) is 26.0. The second kappa shape index (κ2) is 10.5. The van der Waals surface area contributed by atoms with E-state index in [1.807, 2.05) is 6.07 Å². The Morgan fingerprint density at radius 3 is 2.77 bits per heavy atom. The minimum atomic E-state index is -0.751. The molecule has 1 aromatic rings. The van der Waals surface area contributed by atoms with E-state index in [9.17, 15) is 19.5 Å². The van der Waals surface area contributed by atoms with Crippen molar-refractivity contribution in [2.24, 2.45) is 17.8 Å². The van der Waals surface area contributed by atoms with Crippen molar-refractivity contribution in [3.63, 3.8) is 0 Å². The smallest absolute Gasteiger partial charge is 0.310 e. The molecule has 3 heterocycles. The van der Waals surface area contributed by atoms with Crippen LogP contribution in [0.4, 0.5) is 5.69 Å². The number of thioether (sulfide) groups is 1. The molecule has 1 aromatic carbocycles. The third-order valence-electron chi connectivity index (χ3n) is 7.57. The Morgan fingerprint density at radius 1 is 1.37 bits per heavy atom. The standard InChI is InChI=1S/C26H33ClN2O5S/c1-4-12-28(18-11-7-6-10-17(18)27)24(32)22-26-16(3)15-19(35-26)20(25(33)34-5-2)21(26)23(31)29(22)13-8-9-14-30/h4,6-7,10-11,16,19-22,30H,1,5,8-9,12-15H2,2-3H3/t16?,19-,20+,21+,22?,26?/m1/s1. The summed E-state index contributed by atoms with van der Waals surface area (Å²) in [5.74, 6) is -1.85. The number of carbonyl (C=O) groups is 3. The van der Waals surface area contributed by atoms with Crippen molar-refractivity contribution in [2.75, 3.05) is 31.2 Å². The van der Waals surface area contributed by atoms with Crippen LogP contribution in [-0.2, 0) is 19.1 Å². The van der Waals surface area contributed by atoms with Gasteiger partial charge in [0.15, 0.2) is 0 Å². The number of carbonyl (C=O) groups excluding carboxylic acids is 3. The molecule has 0 aromatic heterocycles. The fourth-order valence-corrected chi connectivity index (χ4v) is 8.84. The Bertz CT molecular complexity index is 1010. The van der Waals surface area contributed by atoms with Crippen LogP contribution >= 0.6 is 23.4 Å². The number of likely N-dealkylation sites (tertiary alicyclic amines) is 1. The second-order valence-electron chi connectivity index (χ2n) is 9.46. The molecule has 3 saturated heterocycles. The highest BCUT2D eigenvalue weighted by atomic mass is 35.5. The van der Waals surface area contributed by atoms with E-state index in [-0.39, 0.29) is 48.7 Å². The van der Waals surface area contributed by atoms with Gasteiger partial charge in [-0.3, -0.25) is 14.4 Å². The summed E-state index contributed by atoms with van der Waals surface area (Å²) in [5, 5.41) is 9.71. The largest absolute Gasteiger partial charge is 0.466 e. The Hall–Kier alpha value is -2.03. The fraction of sp³-hybridized carbons (Fsp3) is 0.577. The molecule has 190 valence electrons. The zero-order valence-electron chi connectivity index (χ0n) is 20.2. The molecule has 7 nitrogen and oxygen atoms in total. The predicted molar refractivity (Wildman–Crippen MR) is 137 cm³/mol. The Kier molecular flexibility index (Phi) is 7.83. The molecule has 1 N–H and O–H groups in total. The molecule has 35 heavy (non-hydrogen) atoms.